The van der Waals surface area contributed by atoms with E-state index in [1.54, 1.807) is 12.1 Å². The summed E-state index contributed by atoms with van der Waals surface area (Å²) in [6.45, 7) is 3.79. The highest BCUT2D eigenvalue weighted by Crippen LogP contribution is 2.28. The number of hydrogen-bond donors (Lipinski definition) is 1. The fourth-order valence-electron chi connectivity index (χ4n) is 2.26. The van der Waals surface area contributed by atoms with Gasteiger partial charge in [0, 0.05) is 5.56 Å². The fourth-order valence-corrected chi connectivity index (χ4v) is 2.26. The van der Waals surface area contributed by atoms with E-state index < -0.39 is 5.97 Å². The molecule has 0 amide bonds. The minimum absolute atomic E-state index is 0.0406. The largest absolute Gasteiger partial charge is 0.481 e. The molecular weight excluding hydrogens is 255 g/mol. The lowest BCUT2D eigenvalue weighted by atomic mass is 9.93. The molecule has 20 heavy (non-hydrogen) atoms. The molecule has 2 aromatic rings. The highest BCUT2D eigenvalue weighted by molar-refractivity contribution is 5.69. The summed E-state index contributed by atoms with van der Waals surface area (Å²) in [5.41, 5.74) is 3.23. The summed E-state index contributed by atoms with van der Waals surface area (Å²) in [6, 6.07) is 12.4. The zero-order chi connectivity index (χ0) is 14.7. The van der Waals surface area contributed by atoms with Crippen LogP contribution in [0.4, 0.5) is 4.39 Å². The molecular formula is C17H17FO2. The van der Waals surface area contributed by atoms with Gasteiger partial charge in [0.1, 0.15) is 5.82 Å². The first kappa shape index (κ1) is 14.3. The van der Waals surface area contributed by atoms with Crippen LogP contribution in [-0.2, 0) is 4.79 Å². The smallest absolute Gasteiger partial charge is 0.303 e. The maximum absolute atomic E-state index is 14.0. The van der Waals surface area contributed by atoms with Crippen LogP contribution in [0.5, 0.6) is 0 Å². The quantitative estimate of drug-likeness (QED) is 0.896. The molecule has 3 heteroatoms. The van der Waals surface area contributed by atoms with Gasteiger partial charge in [-0.15, -0.1) is 0 Å². The molecule has 0 spiro atoms. The van der Waals surface area contributed by atoms with Gasteiger partial charge < -0.3 is 5.11 Å². The number of rotatable bonds is 4. The van der Waals surface area contributed by atoms with Crippen molar-refractivity contribution in [3.05, 3.63) is 59.4 Å². The molecule has 1 unspecified atom stereocenters. The van der Waals surface area contributed by atoms with E-state index in [9.17, 15) is 9.18 Å². The summed E-state index contributed by atoms with van der Waals surface area (Å²) in [6.07, 6.45) is 0.0406. The van der Waals surface area contributed by atoms with Crippen LogP contribution in [0.2, 0.25) is 0 Å². The monoisotopic (exact) mass is 272 g/mol. The zero-order valence-corrected chi connectivity index (χ0v) is 11.6. The summed E-state index contributed by atoms with van der Waals surface area (Å²) in [5.74, 6) is -1.28. The summed E-state index contributed by atoms with van der Waals surface area (Å²) in [5, 5.41) is 8.85. The van der Waals surface area contributed by atoms with Crippen molar-refractivity contribution in [1.82, 2.24) is 0 Å². The van der Waals surface area contributed by atoms with Gasteiger partial charge in [0.2, 0.25) is 0 Å². The van der Waals surface area contributed by atoms with Crippen molar-refractivity contribution < 1.29 is 14.3 Å². The van der Waals surface area contributed by atoms with Crippen LogP contribution < -0.4 is 0 Å². The maximum atomic E-state index is 14.0. The van der Waals surface area contributed by atoms with Crippen molar-refractivity contribution in [2.45, 2.75) is 26.2 Å². The van der Waals surface area contributed by atoms with Gasteiger partial charge >= 0.3 is 5.97 Å². The molecule has 0 aliphatic carbocycles. The highest BCUT2D eigenvalue weighted by Gasteiger charge is 2.13. The summed E-state index contributed by atoms with van der Waals surface area (Å²) < 4.78 is 14.0. The number of carbonyl (C=O) groups is 1. The van der Waals surface area contributed by atoms with Crippen LogP contribution in [0.3, 0.4) is 0 Å². The molecule has 0 aliphatic heterocycles. The third kappa shape index (κ3) is 3.23. The van der Waals surface area contributed by atoms with Gasteiger partial charge in [-0.25, -0.2) is 4.39 Å². The van der Waals surface area contributed by atoms with Gasteiger partial charge in [-0.05, 0) is 36.1 Å². The predicted molar refractivity (Wildman–Crippen MR) is 77.2 cm³/mol. The number of aryl methyl sites for hydroxylation is 1. The van der Waals surface area contributed by atoms with E-state index in [0.717, 1.165) is 16.7 Å². The average Bonchev–Trinajstić information content (AvgIpc) is 2.38. The molecule has 1 atom stereocenters. The molecule has 104 valence electrons. The van der Waals surface area contributed by atoms with Crippen LogP contribution >= 0.6 is 0 Å². The number of aliphatic carboxylic acids is 1. The van der Waals surface area contributed by atoms with Crippen LogP contribution in [0.1, 0.15) is 30.4 Å². The minimum Gasteiger partial charge on any atom is -0.481 e. The molecule has 2 aromatic carbocycles. The molecule has 0 saturated carbocycles. The van der Waals surface area contributed by atoms with Gasteiger partial charge in [0.05, 0.1) is 6.42 Å². The molecule has 2 nitrogen and oxygen atoms in total. The van der Waals surface area contributed by atoms with Gasteiger partial charge in [-0.1, -0.05) is 42.8 Å². The predicted octanol–water partition coefficient (Wildman–Crippen LogP) is 4.38. The third-order valence-corrected chi connectivity index (χ3v) is 3.37. The molecule has 0 fully saturated rings. The van der Waals surface area contributed by atoms with Crippen LogP contribution in [-0.4, -0.2) is 11.1 Å². The van der Waals surface area contributed by atoms with Gasteiger partial charge in [-0.3, -0.25) is 4.79 Å². The average molecular weight is 272 g/mol. The number of halogens is 1. The Labute approximate surface area is 117 Å². The van der Waals surface area contributed by atoms with E-state index in [1.807, 2.05) is 38.1 Å². The Morgan fingerprint density at radius 2 is 2.00 bits per heavy atom. The lowest BCUT2D eigenvalue weighted by molar-refractivity contribution is -0.137. The Hall–Kier alpha value is -2.16. The minimum atomic E-state index is -0.848. The maximum Gasteiger partial charge on any atom is 0.303 e. The van der Waals surface area contributed by atoms with E-state index in [0.29, 0.717) is 5.56 Å². The van der Waals surface area contributed by atoms with Crippen molar-refractivity contribution >= 4 is 5.97 Å². The first-order valence-corrected chi connectivity index (χ1v) is 6.55. The number of hydrogen-bond acceptors (Lipinski definition) is 1. The van der Waals surface area contributed by atoms with Crippen molar-refractivity contribution in [3.63, 3.8) is 0 Å². The molecule has 0 aliphatic rings. The second-order valence-electron chi connectivity index (χ2n) is 5.11. The molecule has 0 aromatic heterocycles. The van der Waals surface area contributed by atoms with Crippen LogP contribution in [0.15, 0.2) is 42.5 Å². The molecule has 0 bridgehead atoms. The Morgan fingerprint density at radius 3 is 2.65 bits per heavy atom. The standard InChI is InChI=1S/C17H17FO2/c1-11-4-3-5-14(8-11)15-10-13(6-7-16(15)18)12(2)9-17(19)20/h3-8,10,12H,9H2,1-2H3,(H,19,20). The first-order chi connectivity index (χ1) is 9.47. The van der Waals surface area contributed by atoms with E-state index in [1.165, 1.54) is 6.07 Å². The lowest BCUT2D eigenvalue weighted by Crippen LogP contribution is -2.03. The first-order valence-electron chi connectivity index (χ1n) is 6.55. The van der Waals surface area contributed by atoms with Gasteiger partial charge in [0.15, 0.2) is 0 Å². The lowest BCUT2D eigenvalue weighted by Gasteiger charge is -2.12. The second-order valence-corrected chi connectivity index (χ2v) is 5.11. The number of carboxylic acids is 1. The Balaban J connectivity index is 2.41. The van der Waals surface area contributed by atoms with Crippen LogP contribution in [0.25, 0.3) is 11.1 Å². The highest BCUT2D eigenvalue weighted by atomic mass is 19.1. The number of benzene rings is 2. The molecule has 0 radical (unpaired) electrons. The molecule has 0 saturated heterocycles. The number of carboxylic acid groups (broad SMARTS) is 1. The Morgan fingerprint density at radius 1 is 1.25 bits per heavy atom. The second kappa shape index (κ2) is 5.87. The van der Waals surface area contributed by atoms with Gasteiger partial charge in [-0.2, -0.15) is 0 Å². The Kier molecular flexibility index (Phi) is 4.18. The van der Waals surface area contributed by atoms with Crippen molar-refractivity contribution in [2.24, 2.45) is 0 Å². The Bertz CT molecular complexity index is 635. The van der Waals surface area contributed by atoms with Gasteiger partial charge in [0.25, 0.3) is 0 Å². The van der Waals surface area contributed by atoms with E-state index in [2.05, 4.69) is 0 Å². The molecule has 0 heterocycles. The topological polar surface area (TPSA) is 37.3 Å². The zero-order valence-electron chi connectivity index (χ0n) is 11.6. The normalized spacial score (nSPS) is 12.2. The SMILES string of the molecule is Cc1cccc(-c2cc(C(C)CC(=O)O)ccc2F)c1. The van der Waals surface area contributed by atoms with Crippen molar-refractivity contribution in [3.8, 4) is 11.1 Å². The van der Waals surface area contributed by atoms with E-state index in [-0.39, 0.29) is 18.2 Å². The summed E-state index contributed by atoms with van der Waals surface area (Å²) in [4.78, 5) is 10.8. The third-order valence-electron chi connectivity index (χ3n) is 3.37. The van der Waals surface area contributed by atoms with Crippen molar-refractivity contribution in [2.75, 3.05) is 0 Å². The summed E-state index contributed by atoms with van der Waals surface area (Å²) >= 11 is 0. The summed E-state index contributed by atoms with van der Waals surface area (Å²) in [7, 11) is 0. The van der Waals surface area contributed by atoms with E-state index in [4.69, 9.17) is 5.11 Å². The fraction of sp³-hybridized carbons (Fsp3) is 0.235. The molecule has 2 rings (SSSR count). The molecule has 1 N–H and O–H groups in total. The van der Waals surface area contributed by atoms with Crippen molar-refractivity contribution in [1.29, 1.82) is 0 Å². The van der Waals surface area contributed by atoms with Crippen LogP contribution in [0, 0.1) is 12.7 Å². The van der Waals surface area contributed by atoms with E-state index >= 15 is 0 Å².